The van der Waals surface area contributed by atoms with Crippen LogP contribution in [0.2, 0.25) is 0 Å². The Morgan fingerprint density at radius 2 is 2.07 bits per heavy atom. The lowest BCUT2D eigenvalue weighted by Crippen LogP contribution is -2.36. The van der Waals surface area contributed by atoms with Crippen LogP contribution in [0, 0.1) is 0 Å². The molecule has 1 amide bonds. The van der Waals surface area contributed by atoms with Crippen LogP contribution in [0.5, 0.6) is 0 Å². The fraction of sp³-hybridized carbons (Fsp3) is 0.889. The minimum atomic E-state index is -1.14. The lowest BCUT2D eigenvalue weighted by molar-refractivity contribution is 0.0283. The van der Waals surface area contributed by atoms with Crippen molar-refractivity contribution >= 4 is 6.09 Å². The Morgan fingerprint density at radius 3 is 2.43 bits per heavy atom. The van der Waals surface area contributed by atoms with Crippen molar-refractivity contribution in [2.24, 2.45) is 5.73 Å². The van der Waals surface area contributed by atoms with Gasteiger partial charge < -0.3 is 15.4 Å². The minimum absolute atomic E-state index is 0.0378. The number of halogens is 1. The van der Waals surface area contributed by atoms with Crippen LogP contribution in [0.15, 0.2) is 0 Å². The monoisotopic (exact) mass is 204 g/mol. The number of carbonyl (C=O) groups is 1. The molecule has 1 fully saturated rings. The quantitative estimate of drug-likeness (QED) is 0.638. The van der Waals surface area contributed by atoms with Gasteiger partial charge in [-0.3, -0.25) is 0 Å². The Balaban J connectivity index is 2.48. The third-order valence-corrected chi connectivity index (χ3v) is 1.94. The highest BCUT2D eigenvalue weighted by atomic mass is 19.1. The van der Waals surface area contributed by atoms with Gasteiger partial charge >= 0.3 is 6.09 Å². The van der Waals surface area contributed by atoms with Gasteiger partial charge in [-0.05, 0) is 20.8 Å². The number of nitrogens with two attached hydrogens (primary N) is 1. The van der Waals surface area contributed by atoms with Crippen molar-refractivity contribution in [3.63, 3.8) is 0 Å². The largest absolute Gasteiger partial charge is 0.444 e. The zero-order valence-corrected chi connectivity index (χ0v) is 8.79. The van der Waals surface area contributed by atoms with Crippen molar-refractivity contribution in [2.45, 2.75) is 38.6 Å². The highest BCUT2D eigenvalue weighted by molar-refractivity contribution is 5.68. The summed E-state index contributed by atoms with van der Waals surface area (Å²) in [6.45, 7) is 5.58. The summed E-state index contributed by atoms with van der Waals surface area (Å²) in [4.78, 5) is 12.7. The first-order valence-corrected chi connectivity index (χ1v) is 4.67. The molecule has 0 aromatic rings. The molecular formula is C9H17FN2O2. The van der Waals surface area contributed by atoms with E-state index in [2.05, 4.69) is 0 Å². The Kier molecular flexibility index (Phi) is 2.99. The number of likely N-dealkylation sites (tertiary alicyclic amines) is 1. The van der Waals surface area contributed by atoms with Gasteiger partial charge in [0.2, 0.25) is 0 Å². The first kappa shape index (κ1) is 11.2. The molecule has 0 radical (unpaired) electrons. The van der Waals surface area contributed by atoms with E-state index in [0.717, 1.165) is 0 Å². The molecule has 0 aliphatic carbocycles. The molecule has 82 valence electrons. The summed E-state index contributed by atoms with van der Waals surface area (Å²) < 4.78 is 18.1. The molecule has 5 heteroatoms. The van der Waals surface area contributed by atoms with Crippen LogP contribution in [0.25, 0.3) is 0 Å². The van der Waals surface area contributed by atoms with Crippen molar-refractivity contribution in [3.8, 4) is 0 Å². The summed E-state index contributed by atoms with van der Waals surface area (Å²) in [6, 6.07) is -0.581. The summed E-state index contributed by atoms with van der Waals surface area (Å²) in [5, 5.41) is 0. The maximum absolute atomic E-state index is 13.0. The second kappa shape index (κ2) is 3.73. The molecule has 4 nitrogen and oxygen atoms in total. The molecule has 0 aromatic heterocycles. The molecule has 1 aliphatic rings. The fourth-order valence-electron chi connectivity index (χ4n) is 1.26. The second-order valence-corrected chi connectivity index (χ2v) is 4.57. The predicted molar refractivity (Wildman–Crippen MR) is 50.7 cm³/mol. The summed E-state index contributed by atoms with van der Waals surface area (Å²) in [6.07, 6.45) is -1.63. The average molecular weight is 204 g/mol. The van der Waals surface area contributed by atoms with Crippen LogP contribution in [0.3, 0.4) is 0 Å². The third kappa shape index (κ3) is 2.83. The predicted octanol–water partition coefficient (Wildman–Crippen LogP) is 0.903. The molecule has 1 rings (SSSR count). The van der Waals surface area contributed by atoms with Crippen molar-refractivity contribution < 1.29 is 13.9 Å². The summed E-state index contributed by atoms with van der Waals surface area (Å²) >= 11 is 0. The molecular weight excluding hydrogens is 187 g/mol. The molecule has 14 heavy (non-hydrogen) atoms. The minimum Gasteiger partial charge on any atom is -0.444 e. The zero-order valence-electron chi connectivity index (χ0n) is 8.79. The molecule has 2 N–H and O–H groups in total. The molecule has 0 bridgehead atoms. The number of carbonyl (C=O) groups excluding carboxylic acids is 1. The van der Waals surface area contributed by atoms with Crippen molar-refractivity contribution in [2.75, 3.05) is 13.1 Å². The number of alkyl halides is 1. The number of hydrogen-bond acceptors (Lipinski definition) is 3. The van der Waals surface area contributed by atoms with Crippen molar-refractivity contribution in [3.05, 3.63) is 0 Å². The number of nitrogens with zero attached hydrogens (tertiary/aromatic N) is 1. The number of ether oxygens (including phenoxy) is 1. The van der Waals surface area contributed by atoms with E-state index in [9.17, 15) is 9.18 Å². The first-order valence-electron chi connectivity index (χ1n) is 4.67. The number of amides is 1. The van der Waals surface area contributed by atoms with Crippen molar-refractivity contribution in [1.82, 2.24) is 4.90 Å². The molecule has 1 saturated heterocycles. The second-order valence-electron chi connectivity index (χ2n) is 4.57. The summed E-state index contributed by atoms with van der Waals surface area (Å²) in [5.41, 5.74) is 4.90. The number of rotatable bonds is 0. The van der Waals surface area contributed by atoms with Gasteiger partial charge in [-0.15, -0.1) is 0 Å². The standard InChI is InChI=1S/C9H17FN2O2/c1-9(2,3)14-8(13)12-4-6(10)7(11)5-12/h6-7H,4-5,11H2,1-3H3/t6-,7-/m0/s1. The van der Waals surface area contributed by atoms with Gasteiger partial charge in [0.05, 0.1) is 12.6 Å². The van der Waals surface area contributed by atoms with E-state index >= 15 is 0 Å². The highest BCUT2D eigenvalue weighted by Gasteiger charge is 2.35. The summed E-state index contributed by atoms with van der Waals surface area (Å²) in [5.74, 6) is 0. The van der Waals surface area contributed by atoms with Crippen LogP contribution in [-0.2, 0) is 4.74 Å². The van der Waals surface area contributed by atoms with E-state index in [0.29, 0.717) is 0 Å². The zero-order chi connectivity index (χ0) is 10.9. The van der Waals surface area contributed by atoms with E-state index < -0.39 is 23.9 Å². The Labute approximate surface area is 83.2 Å². The van der Waals surface area contributed by atoms with Crippen LogP contribution < -0.4 is 5.73 Å². The molecule has 1 aliphatic heterocycles. The maximum Gasteiger partial charge on any atom is 0.410 e. The number of hydrogen-bond donors (Lipinski definition) is 1. The SMILES string of the molecule is CC(C)(C)OC(=O)N1C[C@H](N)[C@@H](F)C1. The normalized spacial score (nSPS) is 27.9. The lowest BCUT2D eigenvalue weighted by atomic mass is 10.2. The first-order chi connectivity index (χ1) is 6.29. The smallest absolute Gasteiger partial charge is 0.410 e. The van der Waals surface area contributed by atoms with Gasteiger partial charge in [0.15, 0.2) is 0 Å². The highest BCUT2D eigenvalue weighted by Crippen LogP contribution is 2.16. The van der Waals surface area contributed by atoms with Gasteiger partial charge in [-0.25, -0.2) is 9.18 Å². The van der Waals surface area contributed by atoms with Crippen LogP contribution >= 0.6 is 0 Å². The van der Waals surface area contributed by atoms with Crippen molar-refractivity contribution in [1.29, 1.82) is 0 Å². The summed E-state index contributed by atoms with van der Waals surface area (Å²) in [7, 11) is 0. The fourth-order valence-corrected chi connectivity index (χ4v) is 1.26. The molecule has 0 unspecified atom stereocenters. The van der Waals surface area contributed by atoms with E-state index in [1.54, 1.807) is 20.8 Å². The Bertz CT molecular complexity index is 217. The topological polar surface area (TPSA) is 55.6 Å². The lowest BCUT2D eigenvalue weighted by Gasteiger charge is -2.24. The maximum atomic E-state index is 13.0. The van der Waals surface area contributed by atoms with E-state index in [-0.39, 0.29) is 13.1 Å². The van der Waals surface area contributed by atoms with Gasteiger partial charge in [-0.2, -0.15) is 0 Å². The molecule has 0 spiro atoms. The Morgan fingerprint density at radius 1 is 1.50 bits per heavy atom. The Hall–Kier alpha value is -0.840. The van der Waals surface area contributed by atoms with Gasteiger partial charge in [0.25, 0.3) is 0 Å². The van der Waals surface area contributed by atoms with Gasteiger partial charge in [-0.1, -0.05) is 0 Å². The van der Waals surface area contributed by atoms with Gasteiger partial charge in [0, 0.05) is 6.54 Å². The van der Waals surface area contributed by atoms with Crippen LogP contribution in [0.1, 0.15) is 20.8 Å². The molecule has 0 aromatic carbocycles. The third-order valence-electron chi connectivity index (χ3n) is 1.94. The van der Waals surface area contributed by atoms with E-state index in [1.165, 1.54) is 4.90 Å². The van der Waals surface area contributed by atoms with Crippen LogP contribution in [-0.4, -0.2) is 41.9 Å². The molecule has 2 atom stereocenters. The average Bonchev–Trinajstić information content (AvgIpc) is 2.28. The van der Waals surface area contributed by atoms with E-state index in [4.69, 9.17) is 10.5 Å². The van der Waals surface area contributed by atoms with Crippen LogP contribution in [0.4, 0.5) is 9.18 Å². The molecule has 0 saturated carbocycles. The van der Waals surface area contributed by atoms with Gasteiger partial charge in [0.1, 0.15) is 11.8 Å². The van der Waals surface area contributed by atoms with E-state index in [1.807, 2.05) is 0 Å². The molecule has 1 heterocycles.